The summed E-state index contributed by atoms with van der Waals surface area (Å²) in [5.41, 5.74) is 8.43. The number of hydrogen-bond acceptors (Lipinski definition) is 1. The second kappa shape index (κ2) is 8.00. The predicted molar refractivity (Wildman–Crippen MR) is 84.8 cm³/mol. The van der Waals surface area contributed by atoms with Gasteiger partial charge in [0.25, 0.3) is 0 Å². The Balaban J connectivity index is 1.67. The summed E-state index contributed by atoms with van der Waals surface area (Å²) in [4.78, 5) is 4.33. The Morgan fingerprint density at radius 2 is 1.40 bits per heavy atom. The zero-order valence-corrected chi connectivity index (χ0v) is 11.6. The number of nitrogens with zero attached hydrogens (tertiary/aromatic N) is 1. The second-order valence-corrected chi connectivity index (χ2v) is 4.66. The van der Waals surface area contributed by atoms with Gasteiger partial charge in [-0.1, -0.05) is 60.7 Å². The molecular formula is C17H21N3. The fourth-order valence-corrected chi connectivity index (χ4v) is 1.99. The lowest BCUT2D eigenvalue weighted by molar-refractivity contribution is 0.844. The molecule has 2 rings (SSSR count). The van der Waals surface area contributed by atoms with E-state index in [1.807, 2.05) is 36.4 Å². The van der Waals surface area contributed by atoms with E-state index in [9.17, 15) is 0 Å². The van der Waals surface area contributed by atoms with Crippen molar-refractivity contribution in [2.24, 2.45) is 10.7 Å². The van der Waals surface area contributed by atoms with E-state index in [0.717, 1.165) is 19.4 Å². The van der Waals surface area contributed by atoms with Gasteiger partial charge in [-0.3, -0.25) is 4.99 Å². The first-order valence-corrected chi connectivity index (χ1v) is 6.96. The highest BCUT2D eigenvalue weighted by Crippen LogP contribution is 1.99. The Kier molecular flexibility index (Phi) is 5.65. The largest absolute Gasteiger partial charge is 0.370 e. The fourth-order valence-electron chi connectivity index (χ4n) is 1.99. The first-order chi connectivity index (χ1) is 9.84. The highest BCUT2D eigenvalue weighted by atomic mass is 15.1. The zero-order valence-electron chi connectivity index (χ0n) is 11.6. The Morgan fingerprint density at radius 3 is 2.00 bits per heavy atom. The lowest BCUT2D eigenvalue weighted by Gasteiger charge is -2.05. The van der Waals surface area contributed by atoms with Crippen LogP contribution in [0.3, 0.4) is 0 Å². The second-order valence-electron chi connectivity index (χ2n) is 4.66. The van der Waals surface area contributed by atoms with Crippen LogP contribution in [0, 0.1) is 0 Å². The molecule has 0 aliphatic carbocycles. The van der Waals surface area contributed by atoms with Gasteiger partial charge in [0.15, 0.2) is 5.96 Å². The van der Waals surface area contributed by atoms with Crippen molar-refractivity contribution in [3.8, 4) is 0 Å². The minimum Gasteiger partial charge on any atom is -0.370 e. The van der Waals surface area contributed by atoms with Gasteiger partial charge in [-0.2, -0.15) is 0 Å². The SMILES string of the molecule is NC(=NCCc1ccccc1)NCCc1ccccc1. The molecule has 0 saturated heterocycles. The van der Waals surface area contributed by atoms with Gasteiger partial charge in [0.1, 0.15) is 0 Å². The van der Waals surface area contributed by atoms with E-state index < -0.39 is 0 Å². The number of guanidine groups is 1. The van der Waals surface area contributed by atoms with Crippen molar-refractivity contribution in [1.29, 1.82) is 0 Å². The lowest BCUT2D eigenvalue weighted by Crippen LogP contribution is -2.33. The number of hydrogen-bond donors (Lipinski definition) is 2. The highest BCUT2D eigenvalue weighted by molar-refractivity contribution is 5.77. The molecule has 3 heteroatoms. The molecule has 0 bridgehead atoms. The normalized spacial score (nSPS) is 11.3. The Labute approximate surface area is 120 Å². The van der Waals surface area contributed by atoms with E-state index in [2.05, 4.69) is 34.6 Å². The molecule has 3 nitrogen and oxygen atoms in total. The summed E-state index contributed by atoms with van der Waals surface area (Å²) in [5, 5.41) is 3.15. The molecular weight excluding hydrogens is 246 g/mol. The van der Waals surface area contributed by atoms with Crippen molar-refractivity contribution in [1.82, 2.24) is 5.32 Å². The van der Waals surface area contributed by atoms with Gasteiger partial charge in [-0.25, -0.2) is 0 Å². The number of nitrogens with two attached hydrogens (primary N) is 1. The van der Waals surface area contributed by atoms with Gasteiger partial charge in [0, 0.05) is 13.1 Å². The molecule has 0 fully saturated rings. The molecule has 0 radical (unpaired) electrons. The zero-order chi connectivity index (χ0) is 14.0. The molecule has 0 unspecified atom stereocenters. The molecule has 3 N–H and O–H groups in total. The molecule has 0 amide bonds. The molecule has 0 aliphatic rings. The summed E-state index contributed by atoms with van der Waals surface area (Å²) >= 11 is 0. The Morgan fingerprint density at radius 1 is 0.850 bits per heavy atom. The molecule has 0 spiro atoms. The summed E-state index contributed by atoms with van der Waals surface area (Å²) in [6.45, 7) is 1.53. The van der Waals surface area contributed by atoms with Crippen molar-refractivity contribution in [3.05, 3.63) is 71.8 Å². The monoisotopic (exact) mass is 267 g/mol. The first-order valence-electron chi connectivity index (χ1n) is 6.96. The molecule has 0 heterocycles. The minimum atomic E-state index is 0.525. The number of aliphatic imine (C=N–C) groups is 1. The number of rotatable bonds is 6. The van der Waals surface area contributed by atoms with E-state index in [1.165, 1.54) is 11.1 Å². The standard InChI is InChI=1S/C17H21N3/c18-17(19-13-11-15-7-3-1-4-8-15)20-14-12-16-9-5-2-6-10-16/h1-10H,11-14H2,(H3,18,19,20). The first kappa shape index (κ1) is 14.1. The average Bonchev–Trinajstić information content (AvgIpc) is 2.49. The van der Waals surface area contributed by atoms with Crippen molar-refractivity contribution in [3.63, 3.8) is 0 Å². The Hall–Kier alpha value is -2.29. The van der Waals surface area contributed by atoms with Crippen molar-refractivity contribution in [2.75, 3.05) is 13.1 Å². The highest BCUT2D eigenvalue weighted by Gasteiger charge is 1.94. The molecule has 0 saturated carbocycles. The van der Waals surface area contributed by atoms with Crippen molar-refractivity contribution < 1.29 is 0 Å². The third kappa shape index (κ3) is 5.14. The van der Waals surface area contributed by atoms with Crippen LogP contribution in [0.5, 0.6) is 0 Å². The third-order valence-corrected chi connectivity index (χ3v) is 3.09. The summed E-state index contributed by atoms with van der Waals surface area (Å²) in [6, 6.07) is 20.7. The molecule has 20 heavy (non-hydrogen) atoms. The van der Waals surface area contributed by atoms with Gasteiger partial charge in [0.05, 0.1) is 0 Å². The maximum Gasteiger partial charge on any atom is 0.188 e. The van der Waals surface area contributed by atoms with Crippen LogP contribution in [0.2, 0.25) is 0 Å². The summed E-state index contributed by atoms with van der Waals surface area (Å²) in [5.74, 6) is 0.525. The van der Waals surface area contributed by atoms with Crippen LogP contribution in [0.4, 0.5) is 0 Å². The molecule has 2 aromatic carbocycles. The van der Waals surface area contributed by atoms with Gasteiger partial charge in [0.2, 0.25) is 0 Å². The van der Waals surface area contributed by atoms with Crippen LogP contribution in [-0.2, 0) is 12.8 Å². The maximum absolute atomic E-state index is 5.84. The summed E-state index contributed by atoms with van der Waals surface area (Å²) < 4.78 is 0. The summed E-state index contributed by atoms with van der Waals surface area (Å²) in [6.07, 6.45) is 1.87. The van der Waals surface area contributed by atoms with Gasteiger partial charge >= 0.3 is 0 Å². The van der Waals surface area contributed by atoms with Crippen LogP contribution in [-0.4, -0.2) is 19.0 Å². The third-order valence-electron chi connectivity index (χ3n) is 3.09. The van der Waals surface area contributed by atoms with Crippen molar-refractivity contribution >= 4 is 5.96 Å². The molecule has 0 aliphatic heterocycles. The summed E-state index contributed by atoms with van der Waals surface area (Å²) in [7, 11) is 0. The van der Waals surface area contributed by atoms with E-state index in [1.54, 1.807) is 0 Å². The maximum atomic E-state index is 5.84. The Bertz CT molecular complexity index is 520. The minimum absolute atomic E-state index is 0.525. The van der Waals surface area contributed by atoms with E-state index in [4.69, 9.17) is 5.73 Å². The fraction of sp³-hybridized carbons (Fsp3) is 0.235. The molecule has 104 valence electrons. The smallest absolute Gasteiger partial charge is 0.188 e. The molecule has 2 aromatic rings. The van der Waals surface area contributed by atoms with E-state index >= 15 is 0 Å². The molecule has 0 aromatic heterocycles. The number of benzene rings is 2. The van der Waals surface area contributed by atoms with E-state index in [0.29, 0.717) is 12.5 Å². The van der Waals surface area contributed by atoms with Crippen LogP contribution in [0.25, 0.3) is 0 Å². The van der Waals surface area contributed by atoms with E-state index in [-0.39, 0.29) is 0 Å². The van der Waals surface area contributed by atoms with Gasteiger partial charge in [-0.15, -0.1) is 0 Å². The van der Waals surface area contributed by atoms with Crippen LogP contribution in [0.15, 0.2) is 65.7 Å². The predicted octanol–water partition coefficient (Wildman–Crippen LogP) is 2.38. The number of nitrogens with one attached hydrogen (secondary N) is 1. The van der Waals surface area contributed by atoms with Crippen LogP contribution >= 0.6 is 0 Å². The van der Waals surface area contributed by atoms with Gasteiger partial charge in [-0.05, 0) is 24.0 Å². The molecule has 0 atom stereocenters. The van der Waals surface area contributed by atoms with Crippen LogP contribution in [0.1, 0.15) is 11.1 Å². The quantitative estimate of drug-likeness (QED) is 0.623. The lowest BCUT2D eigenvalue weighted by atomic mass is 10.1. The van der Waals surface area contributed by atoms with Crippen LogP contribution < -0.4 is 11.1 Å². The van der Waals surface area contributed by atoms with Crippen molar-refractivity contribution in [2.45, 2.75) is 12.8 Å². The average molecular weight is 267 g/mol. The topological polar surface area (TPSA) is 50.4 Å². The van der Waals surface area contributed by atoms with Gasteiger partial charge < -0.3 is 11.1 Å².